The highest BCUT2D eigenvalue weighted by atomic mass is 16.2. The number of rotatable bonds is 3. The van der Waals surface area contributed by atoms with Crippen LogP contribution in [0.3, 0.4) is 0 Å². The van der Waals surface area contributed by atoms with E-state index in [4.69, 9.17) is 11.5 Å². The minimum absolute atomic E-state index is 0.00801. The lowest BCUT2D eigenvalue weighted by molar-refractivity contribution is -0.119. The van der Waals surface area contributed by atoms with Crippen molar-refractivity contribution in [2.45, 2.75) is 18.9 Å². The summed E-state index contributed by atoms with van der Waals surface area (Å²) in [7, 11) is 0. The monoisotopic (exact) mass is 219 g/mol. The van der Waals surface area contributed by atoms with Crippen LogP contribution >= 0.6 is 0 Å². The number of fused-ring (bicyclic) bond motifs is 1. The van der Waals surface area contributed by atoms with Crippen molar-refractivity contribution in [1.82, 2.24) is 0 Å². The van der Waals surface area contributed by atoms with Gasteiger partial charge in [0, 0.05) is 5.69 Å². The Balaban J connectivity index is 2.16. The van der Waals surface area contributed by atoms with E-state index in [0.29, 0.717) is 12.8 Å². The second-order valence-electron chi connectivity index (χ2n) is 3.93. The van der Waals surface area contributed by atoms with Crippen LogP contribution < -0.4 is 16.8 Å². The van der Waals surface area contributed by atoms with Crippen LogP contribution in [0.5, 0.6) is 0 Å². The van der Waals surface area contributed by atoms with Gasteiger partial charge in [0.1, 0.15) is 0 Å². The van der Waals surface area contributed by atoms with Crippen LogP contribution in [-0.4, -0.2) is 17.9 Å². The molecular formula is C11H13N3O2. The molecule has 1 unspecified atom stereocenters. The first-order chi connectivity index (χ1) is 7.56. The molecule has 1 heterocycles. The molecule has 0 aromatic heterocycles. The fraction of sp³-hybridized carbons (Fsp3) is 0.273. The molecule has 16 heavy (non-hydrogen) atoms. The number of nitrogens with one attached hydrogen (secondary N) is 1. The highest BCUT2D eigenvalue weighted by Gasteiger charge is 2.18. The third-order valence-corrected chi connectivity index (χ3v) is 2.62. The van der Waals surface area contributed by atoms with Crippen molar-refractivity contribution < 1.29 is 9.59 Å². The second kappa shape index (κ2) is 3.94. The first-order valence-electron chi connectivity index (χ1n) is 5.03. The summed E-state index contributed by atoms with van der Waals surface area (Å²) in [6, 6.07) is 4.87. The number of hydrogen-bond acceptors (Lipinski definition) is 3. The van der Waals surface area contributed by atoms with Crippen molar-refractivity contribution in [2.24, 2.45) is 11.5 Å². The fourth-order valence-corrected chi connectivity index (χ4v) is 1.76. The molecule has 1 atom stereocenters. The van der Waals surface area contributed by atoms with Gasteiger partial charge in [-0.3, -0.25) is 9.59 Å². The van der Waals surface area contributed by atoms with Gasteiger partial charge in [-0.15, -0.1) is 0 Å². The summed E-state index contributed by atoms with van der Waals surface area (Å²) in [5, 5.41) is 2.74. The highest BCUT2D eigenvalue weighted by Crippen LogP contribution is 2.24. The fourth-order valence-electron chi connectivity index (χ4n) is 1.76. The molecule has 0 aliphatic carbocycles. The number of carbonyl (C=O) groups excluding carboxylic acids is 2. The van der Waals surface area contributed by atoms with Gasteiger partial charge in [-0.1, -0.05) is 12.1 Å². The molecule has 2 amide bonds. The van der Waals surface area contributed by atoms with Crippen LogP contribution in [0.1, 0.15) is 11.1 Å². The van der Waals surface area contributed by atoms with Gasteiger partial charge in [0.2, 0.25) is 11.8 Å². The Morgan fingerprint density at radius 2 is 2.25 bits per heavy atom. The van der Waals surface area contributed by atoms with Crippen LogP contribution in [0.2, 0.25) is 0 Å². The van der Waals surface area contributed by atoms with E-state index in [-0.39, 0.29) is 5.91 Å². The zero-order valence-corrected chi connectivity index (χ0v) is 8.69. The maximum Gasteiger partial charge on any atom is 0.234 e. The molecule has 5 heteroatoms. The lowest BCUT2D eigenvalue weighted by atomic mass is 10.0. The van der Waals surface area contributed by atoms with Crippen LogP contribution in [0.4, 0.5) is 5.69 Å². The van der Waals surface area contributed by atoms with Crippen LogP contribution in [-0.2, 0) is 22.4 Å². The smallest absolute Gasteiger partial charge is 0.234 e. The number of benzene rings is 1. The largest absolute Gasteiger partial charge is 0.368 e. The van der Waals surface area contributed by atoms with E-state index < -0.39 is 11.9 Å². The maximum atomic E-state index is 11.1. The molecule has 84 valence electrons. The van der Waals surface area contributed by atoms with Gasteiger partial charge in [-0.05, 0) is 23.6 Å². The topological polar surface area (TPSA) is 98.2 Å². The average molecular weight is 219 g/mol. The molecule has 0 spiro atoms. The predicted octanol–water partition coefficient (Wildman–Crippen LogP) is -0.464. The Kier molecular flexibility index (Phi) is 2.62. The molecule has 0 saturated heterocycles. The lowest BCUT2D eigenvalue weighted by Crippen LogP contribution is -2.38. The number of primary amides is 1. The first kappa shape index (κ1) is 10.6. The third kappa shape index (κ3) is 2.04. The lowest BCUT2D eigenvalue weighted by Gasteiger charge is -2.08. The molecule has 1 aliphatic rings. The molecule has 0 saturated carbocycles. The molecule has 1 aromatic carbocycles. The molecular weight excluding hydrogens is 206 g/mol. The standard InChI is InChI=1S/C11H13N3O2/c12-8(11(13)16)4-6-1-2-9-7(3-6)5-10(15)14-9/h1-3,8H,4-5,12H2,(H2,13,16)(H,14,15). The van der Waals surface area contributed by atoms with Gasteiger partial charge >= 0.3 is 0 Å². The van der Waals surface area contributed by atoms with Crippen LogP contribution in [0, 0.1) is 0 Å². The first-order valence-corrected chi connectivity index (χ1v) is 5.03. The van der Waals surface area contributed by atoms with Gasteiger partial charge in [0.05, 0.1) is 12.5 Å². The van der Waals surface area contributed by atoms with Crippen molar-refractivity contribution in [2.75, 3.05) is 5.32 Å². The Morgan fingerprint density at radius 1 is 1.50 bits per heavy atom. The Labute approximate surface area is 92.8 Å². The Bertz CT molecular complexity index is 457. The van der Waals surface area contributed by atoms with Crippen LogP contribution in [0.15, 0.2) is 18.2 Å². The van der Waals surface area contributed by atoms with E-state index in [1.807, 2.05) is 18.2 Å². The minimum atomic E-state index is -0.678. The maximum absolute atomic E-state index is 11.1. The highest BCUT2D eigenvalue weighted by molar-refractivity contribution is 5.99. The van der Waals surface area contributed by atoms with Gasteiger partial charge in [0.15, 0.2) is 0 Å². The van der Waals surface area contributed by atoms with E-state index in [1.165, 1.54) is 0 Å². The van der Waals surface area contributed by atoms with E-state index in [2.05, 4.69) is 5.32 Å². The normalized spacial score (nSPS) is 15.4. The molecule has 2 rings (SSSR count). The molecule has 1 aliphatic heterocycles. The molecule has 5 N–H and O–H groups in total. The van der Waals surface area contributed by atoms with E-state index >= 15 is 0 Å². The summed E-state index contributed by atoms with van der Waals surface area (Å²) in [4.78, 5) is 22.0. The summed E-state index contributed by atoms with van der Waals surface area (Å²) < 4.78 is 0. The number of amides is 2. The van der Waals surface area contributed by atoms with Crippen LogP contribution in [0.25, 0.3) is 0 Å². The van der Waals surface area contributed by atoms with Gasteiger partial charge < -0.3 is 16.8 Å². The van der Waals surface area contributed by atoms with E-state index in [9.17, 15) is 9.59 Å². The number of carbonyl (C=O) groups is 2. The number of nitrogens with two attached hydrogens (primary N) is 2. The molecule has 1 aromatic rings. The van der Waals surface area contributed by atoms with Crippen molar-refractivity contribution >= 4 is 17.5 Å². The van der Waals surface area contributed by atoms with Crippen molar-refractivity contribution in [3.05, 3.63) is 29.3 Å². The van der Waals surface area contributed by atoms with Crippen molar-refractivity contribution in [3.8, 4) is 0 Å². The number of anilines is 1. The summed E-state index contributed by atoms with van der Waals surface area (Å²) in [6.45, 7) is 0. The van der Waals surface area contributed by atoms with Gasteiger partial charge in [-0.2, -0.15) is 0 Å². The van der Waals surface area contributed by atoms with Crippen molar-refractivity contribution in [1.29, 1.82) is 0 Å². The van der Waals surface area contributed by atoms with Gasteiger partial charge in [0.25, 0.3) is 0 Å². The molecule has 0 fully saturated rings. The summed E-state index contributed by atoms with van der Waals surface area (Å²) in [5.74, 6) is -0.527. The van der Waals surface area contributed by atoms with E-state index in [0.717, 1.165) is 16.8 Å². The zero-order valence-electron chi connectivity index (χ0n) is 8.69. The second-order valence-corrected chi connectivity index (χ2v) is 3.93. The number of hydrogen-bond donors (Lipinski definition) is 3. The Morgan fingerprint density at radius 3 is 2.94 bits per heavy atom. The SMILES string of the molecule is NC(=O)C(N)Cc1ccc2c(c1)CC(=O)N2. The Hall–Kier alpha value is -1.88. The summed E-state index contributed by atoms with van der Waals surface area (Å²) in [5.41, 5.74) is 13.3. The van der Waals surface area contributed by atoms with Crippen molar-refractivity contribution in [3.63, 3.8) is 0 Å². The summed E-state index contributed by atoms with van der Waals surface area (Å²) in [6.07, 6.45) is 0.784. The molecule has 5 nitrogen and oxygen atoms in total. The van der Waals surface area contributed by atoms with Gasteiger partial charge in [-0.25, -0.2) is 0 Å². The average Bonchev–Trinajstić information content (AvgIpc) is 2.57. The molecule has 0 radical (unpaired) electrons. The third-order valence-electron chi connectivity index (χ3n) is 2.62. The predicted molar refractivity (Wildman–Crippen MR) is 59.6 cm³/mol. The molecule has 0 bridgehead atoms. The quantitative estimate of drug-likeness (QED) is 0.641. The zero-order chi connectivity index (χ0) is 11.7. The minimum Gasteiger partial charge on any atom is -0.368 e. The summed E-state index contributed by atoms with van der Waals surface area (Å²) >= 11 is 0. The van der Waals surface area contributed by atoms with E-state index in [1.54, 1.807) is 0 Å².